The van der Waals surface area contributed by atoms with E-state index in [0.29, 0.717) is 17.0 Å². The molecule has 1 rings (SSSR count). The SMILES string of the molecule is CC(C)CC(C)N(C)c1ccc([C@@H](C)O)cc1Cl. The molecule has 0 aliphatic heterocycles. The second-order valence-corrected chi connectivity index (χ2v) is 5.88. The summed E-state index contributed by atoms with van der Waals surface area (Å²) in [4.78, 5) is 2.20. The lowest BCUT2D eigenvalue weighted by atomic mass is 10.0. The normalized spacial score (nSPS) is 14.7. The second kappa shape index (κ2) is 6.44. The Hall–Kier alpha value is -0.730. The van der Waals surface area contributed by atoms with Gasteiger partial charge in [-0.15, -0.1) is 0 Å². The number of aliphatic hydroxyl groups is 1. The Balaban J connectivity index is 2.89. The highest BCUT2D eigenvalue weighted by atomic mass is 35.5. The van der Waals surface area contributed by atoms with Crippen LogP contribution in [0.1, 0.15) is 45.8 Å². The molecule has 0 amide bonds. The zero-order chi connectivity index (χ0) is 13.9. The Bertz CT molecular complexity index is 390. The molecule has 0 aliphatic carbocycles. The number of halogens is 1. The van der Waals surface area contributed by atoms with E-state index in [-0.39, 0.29) is 0 Å². The van der Waals surface area contributed by atoms with Crippen molar-refractivity contribution in [2.45, 2.75) is 46.3 Å². The van der Waals surface area contributed by atoms with E-state index in [0.717, 1.165) is 17.7 Å². The second-order valence-electron chi connectivity index (χ2n) is 5.48. The van der Waals surface area contributed by atoms with Gasteiger partial charge in [-0.05, 0) is 43.9 Å². The van der Waals surface area contributed by atoms with Crippen LogP contribution in [0.4, 0.5) is 5.69 Å². The lowest BCUT2D eigenvalue weighted by Crippen LogP contribution is -2.30. The topological polar surface area (TPSA) is 23.5 Å². The zero-order valence-corrected chi connectivity index (χ0v) is 12.7. The third-order valence-electron chi connectivity index (χ3n) is 3.31. The van der Waals surface area contributed by atoms with Crippen LogP contribution in [0.25, 0.3) is 0 Å². The molecule has 0 bridgehead atoms. The predicted octanol–water partition coefficient (Wildman–Crippen LogP) is 4.26. The zero-order valence-electron chi connectivity index (χ0n) is 11.9. The van der Waals surface area contributed by atoms with Gasteiger partial charge in [0, 0.05) is 13.1 Å². The molecule has 0 aliphatic rings. The molecular formula is C15H24ClNO. The van der Waals surface area contributed by atoms with Crippen LogP contribution in [-0.4, -0.2) is 18.2 Å². The average molecular weight is 270 g/mol. The van der Waals surface area contributed by atoms with Crippen molar-refractivity contribution in [3.05, 3.63) is 28.8 Å². The van der Waals surface area contributed by atoms with Gasteiger partial charge in [-0.25, -0.2) is 0 Å². The van der Waals surface area contributed by atoms with E-state index >= 15 is 0 Å². The Morgan fingerprint density at radius 2 is 1.83 bits per heavy atom. The van der Waals surface area contributed by atoms with Crippen LogP contribution in [0.15, 0.2) is 18.2 Å². The van der Waals surface area contributed by atoms with Gasteiger partial charge in [-0.2, -0.15) is 0 Å². The van der Waals surface area contributed by atoms with Crippen molar-refractivity contribution in [1.82, 2.24) is 0 Å². The summed E-state index contributed by atoms with van der Waals surface area (Å²) in [6.45, 7) is 8.40. The third-order valence-corrected chi connectivity index (χ3v) is 3.61. The van der Waals surface area contributed by atoms with Gasteiger partial charge >= 0.3 is 0 Å². The molecule has 1 N–H and O–H groups in total. The monoisotopic (exact) mass is 269 g/mol. The number of hydrogen-bond donors (Lipinski definition) is 1. The molecule has 18 heavy (non-hydrogen) atoms. The number of anilines is 1. The predicted molar refractivity (Wildman–Crippen MR) is 79.4 cm³/mol. The van der Waals surface area contributed by atoms with Crippen LogP contribution in [0.3, 0.4) is 0 Å². The lowest BCUT2D eigenvalue weighted by molar-refractivity contribution is 0.199. The molecule has 0 aromatic heterocycles. The van der Waals surface area contributed by atoms with Crippen LogP contribution in [0, 0.1) is 5.92 Å². The van der Waals surface area contributed by atoms with Gasteiger partial charge in [0.1, 0.15) is 0 Å². The molecule has 0 radical (unpaired) electrons. The average Bonchev–Trinajstić information content (AvgIpc) is 2.26. The Morgan fingerprint density at radius 1 is 1.22 bits per heavy atom. The minimum atomic E-state index is -0.477. The summed E-state index contributed by atoms with van der Waals surface area (Å²) < 4.78 is 0. The minimum absolute atomic E-state index is 0.444. The molecule has 0 fully saturated rings. The Kier molecular flexibility index (Phi) is 5.48. The summed E-state index contributed by atoms with van der Waals surface area (Å²) in [5.74, 6) is 0.665. The largest absolute Gasteiger partial charge is 0.389 e. The number of aliphatic hydroxyl groups excluding tert-OH is 1. The molecule has 102 valence electrons. The molecule has 1 aromatic carbocycles. The van der Waals surface area contributed by atoms with Gasteiger partial charge in [-0.3, -0.25) is 0 Å². The van der Waals surface area contributed by atoms with Gasteiger partial charge in [0.05, 0.1) is 16.8 Å². The standard InChI is InChI=1S/C15H24ClNO/c1-10(2)8-11(3)17(5)15-7-6-13(12(4)18)9-14(15)16/h6-7,9-12,18H,8H2,1-5H3/t11?,12-/m1/s1. The number of hydrogen-bond acceptors (Lipinski definition) is 2. The fourth-order valence-electron chi connectivity index (χ4n) is 2.15. The first-order valence-corrected chi connectivity index (χ1v) is 6.91. The molecule has 1 aromatic rings. The maximum Gasteiger partial charge on any atom is 0.0762 e. The summed E-state index contributed by atoms with van der Waals surface area (Å²) in [6.07, 6.45) is 0.653. The molecule has 0 saturated carbocycles. The van der Waals surface area contributed by atoms with Crippen LogP contribution >= 0.6 is 11.6 Å². The quantitative estimate of drug-likeness (QED) is 0.863. The van der Waals surface area contributed by atoms with Crippen molar-refractivity contribution >= 4 is 17.3 Å². The Labute approximate surface area is 116 Å². The first-order valence-electron chi connectivity index (χ1n) is 6.53. The molecular weight excluding hydrogens is 246 g/mol. The van der Waals surface area contributed by atoms with Gasteiger partial charge in [0.25, 0.3) is 0 Å². The van der Waals surface area contributed by atoms with Gasteiger partial charge in [0.2, 0.25) is 0 Å². The maximum atomic E-state index is 9.53. The fourth-order valence-corrected chi connectivity index (χ4v) is 2.47. The van der Waals surface area contributed by atoms with E-state index in [4.69, 9.17) is 11.6 Å². The molecule has 2 atom stereocenters. The Morgan fingerprint density at radius 3 is 2.28 bits per heavy atom. The van der Waals surface area contributed by atoms with Gasteiger partial charge in [0.15, 0.2) is 0 Å². The summed E-state index contributed by atoms with van der Waals surface area (Å²) >= 11 is 6.30. The van der Waals surface area contributed by atoms with E-state index < -0.39 is 6.10 Å². The van der Waals surface area contributed by atoms with Crippen LogP contribution in [0.2, 0.25) is 5.02 Å². The first kappa shape index (κ1) is 15.3. The molecule has 1 unspecified atom stereocenters. The first-order chi connectivity index (χ1) is 8.32. The molecule has 0 saturated heterocycles. The van der Waals surface area contributed by atoms with Crippen molar-refractivity contribution in [3.8, 4) is 0 Å². The lowest BCUT2D eigenvalue weighted by Gasteiger charge is -2.29. The van der Waals surface area contributed by atoms with E-state index in [1.165, 1.54) is 0 Å². The van der Waals surface area contributed by atoms with Gasteiger partial charge < -0.3 is 10.0 Å². The highest BCUT2D eigenvalue weighted by Crippen LogP contribution is 2.30. The number of benzene rings is 1. The maximum absolute atomic E-state index is 9.53. The van der Waals surface area contributed by atoms with Crippen LogP contribution in [0.5, 0.6) is 0 Å². The fraction of sp³-hybridized carbons (Fsp3) is 0.600. The molecule has 0 spiro atoms. The summed E-state index contributed by atoms with van der Waals surface area (Å²) in [7, 11) is 2.07. The van der Waals surface area contributed by atoms with E-state index in [1.54, 1.807) is 6.92 Å². The summed E-state index contributed by atoms with van der Waals surface area (Å²) in [5, 5.41) is 10.2. The van der Waals surface area contributed by atoms with Crippen LogP contribution < -0.4 is 4.90 Å². The van der Waals surface area contributed by atoms with E-state index in [2.05, 4.69) is 32.7 Å². The number of rotatable bonds is 5. The smallest absolute Gasteiger partial charge is 0.0762 e. The highest BCUT2D eigenvalue weighted by Gasteiger charge is 2.15. The highest BCUT2D eigenvalue weighted by molar-refractivity contribution is 6.33. The third kappa shape index (κ3) is 3.89. The van der Waals surface area contributed by atoms with Crippen LogP contribution in [-0.2, 0) is 0 Å². The molecule has 2 nitrogen and oxygen atoms in total. The number of nitrogens with zero attached hydrogens (tertiary/aromatic N) is 1. The molecule has 3 heteroatoms. The van der Waals surface area contributed by atoms with E-state index in [9.17, 15) is 5.11 Å². The summed E-state index contributed by atoms with van der Waals surface area (Å²) in [6, 6.07) is 6.21. The van der Waals surface area contributed by atoms with Crippen molar-refractivity contribution in [2.75, 3.05) is 11.9 Å². The van der Waals surface area contributed by atoms with Gasteiger partial charge in [-0.1, -0.05) is 31.5 Å². The van der Waals surface area contributed by atoms with Crippen molar-refractivity contribution in [1.29, 1.82) is 0 Å². The minimum Gasteiger partial charge on any atom is -0.389 e. The van der Waals surface area contributed by atoms with E-state index in [1.807, 2.05) is 18.2 Å². The van der Waals surface area contributed by atoms with Crippen molar-refractivity contribution < 1.29 is 5.11 Å². The van der Waals surface area contributed by atoms with Crippen molar-refractivity contribution in [3.63, 3.8) is 0 Å². The van der Waals surface area contributed by atoms with Crippen molar-refractivity contribution in [2.24, 2.45) is 5.92 Å². The molecule has 0 heterocycles. The summed E-state index contributed by atoms with van der Waals surface area (Å²) in [5.41, 5.74) is 1.88.